The van der Waals surface area contributed by atoms with Crippen molar-refractivity contribution in [2.75, 3.05) is 13.1 Å². The SMILES string of the molecule is O=C(O)C1=CCN2CC3CCC(OC(=O)c4ccccc4)(CC3)C2=N1. The summed E-state index contributed by atoms with van der Waals surface area (Å²) in [6.45, 7) is 1.34. The summed E-state index contributed by atoms with van der Waals surface area (Å²) in [6, 6.07) is 8.90. The number of ether oxygens (including phenoxy) is 1. The average molecular weight is 340 g/mol. The molecule has 1 aliphatic carbocycles. The van der Waals surface area contributed by atoms with Gasteiger partial charge in [0, 0.05) is 13.1 Å². The number of aliphatic carboxylic acids is 1. The zero-order valence-electron chi connectivity index (χ0n) is 13.9. The number of esters is 1. The number of carboxylic acids is 1. The van der Waals surface area contributed by atoms with Crippen LogP contribution in [0.15, 0.2) is 47.1 Å². The van der Waals surface area contributed by atoms with E-state index in [0.29, 0.717) is 36.7 Å². The molecule has 5 rings (SSSR count). The van der Waals surface area contributed by atoms with Gasteiger partial charge in [0.15, 0.2) is 5.60 Å². The van der Waals surface area contributed by atoms with Crippen molar-refractivity contribution in [3.8, 4) is 0 Å². The molecule has 0 atom stereocenters. The van der Waals surface area contributed by atoms with Gasteiger partial charge < -0.3 is 14.7 Å². The molecule has 4 aliphatic rings. The van der Waals surface area contributed by atoms with Crippen LogP contribution in [0.4, 0.5) is 0 Å². The van der Waals surface area contributed by atoms with Crippen molar-refractivity contribution in [3.63, 3.8) is 0 Å². The Morgan fingerprint density at radius 2 is 1.92 bits per heavy atom. The lowest BCUT2D eigenvalue weighted by atomic mass is 9.80. The summed E-state index contributed by atoms with van der Waals surface area (Å²) < 4.78 is 6.00. The van der Waals surface area contributed by atoms with E-state index in [0.717, 1.165) is 19.4 Å². The maximum absolute atomic E-state index is 12.7. The molecule has 6 heteroatoms. The normalized spacial score (nSPS) is 27.7. The molecule has 0 aromatic heterocycles. The van der Waals surface area contributed by atoms with Gasteiger partial charge in [-0.05, 0) is 49.8 Å². The Bertz CT molecular complexity index is 761. The van der Waals surface area contributed by atoms with E-state index < -0.39 is 11.6 Å². The van der Waals surface area contributed by atoms with E-state index in [1.807, 2.05) is 6.07 Å². The van der Waals surface area contributed by atoms with Gasteiger partial charge in [0.05, 0.1) is 5.56 Å². The van der Waals surface area contributed by atoms with Gasteiger partial charge in [-0.15, -0.1) is 0 Å². The molecule has 0 amide bonds. The Kier molecular flexibility index (Phi) is 3.82. The predicted molar refractivity (Wildman–Crippen MR) is 91.3 cm³/mol. The van der Waals surface area contributed by atoms with Crippen LogP contribution < -0.4 is 0 Å². The zero-order chi connectivity index (χ0) is 17.4. The number of hydrogen-bond donors (Lipinski definition) is 1. The fourth-order valence-corrected chi connectivity index (χ4v) is 4.02. The van der Waals surface area contributed by atoms with Gasteiger partial charge >= 0.3 is 11.9 Å². The third-order valence-electron chi connectivity index (χ3n) is 5.35. The maximum atomic E-state index is 12.7. The predicted octanol–water partition coefficient (Wildman–Crippen LogP) is 2.47. The number of carboxylic acid groups (broad SMARTS) is 1. The average Bonchev–Trinajstić information content (AvgIpc) is 2.88. The minimum atomic E-state index is -1.05. The largest absolute Gasteiger partial charge is 0.477 e. The smallest absolute Gasteiger partial charge is 0.354 e. The first kappa shape index (κ1) is 15.9. The molecule has 1 N–H and O–H groups in total. The second-order valence-electron chi connectivity index (χ2n) is 6.93. The van der Waals surface area contributed by atoms with Crippen molar-refractivity contribution in [3.05, 3.63) is 47.7 Å². The van der Waals surface area contributed by atoms with Crippen LogP contribution in [-0.2, 0) is 9.53 Å². The van der Waals surface area contributed by atoms with Crippen molar-refractivity contribution < 1.29 is 19.4 Å². The van der Waals surface area contributed by atoms with Crippen LogP contribution in [-0.4, -0.2) is 46.5 Å². The van der Waals surface area contributed by atoms with E-state index in [4.69, 9.17) is 4.74 Å². The Morgan fingerprint density at radius 1 is 1.20 bits per heavy atom. The minimum absolute atomic E-state index is 0.0340. The second-order valence-corrected chi connectivity index (χ2v) is 6.93. The molecule has 2 bridgehead atoms. The van der Waals surface area contributed by atoms with E-state index in [1.54, 1.807) is 30.3 Å². The number of fused-ring (bicyclic) bond motifs is 2. The Balaban J connectivity index is 1.70. The van der Waals surface area contributed by atoms with Crippen molar-refractivity contribution >= 4 is 17.8 Å². The summed E-state index contributed by atoms with van der Waals surface area (Å²) >= 11 is 0. The highest BCUT2D eigenvalue weighted by Gasteiger charge is 2.50. The molecule has 6 nitrogen and oxygen atoms in total. The second kappa shape index (κ2) is 6.02. The Labute approximate surface area is 145 Å². The lowest BCUT2D eigenvalue weighted by molar-refractivity contribution is -0.132. The van der Waals surface area contributed by atoms with Gasteiger partial charge in [-0.25, -0.2) is 14.6 Å². The lowest BCUT2D eigenvalue weighted by Crippen LogP contribution is -2.51. The summed E-state index contributed by atoms with van der Waals surface area (Å²) in [4.78, 5) is 30.5. The molecule has 3 aliphatic heterocycles. The number of aliphatic imine (C=N–C) groups is 1. The van der Waals surface area contributed by atoms with Gasteiger partial charge in [-0.1, -0.05) is 18.2 Å². The molecule has 25 heavy (non-hydrogen) atoms. The molecular weight excluding hydrogens is 320 g/mol. The van der Waals surface area contributed by atoms with Gasteiger partial charge in [-0.2, -0.15) is 0 Å². The van der Waals surface area contributed by atoms with E-state index in [9.17, 15) is 14.7 Å². The van der Waals surface area contributed by atoms with Crippen LogP contribution >= 0.6 is 0 Å². The first-order valence-corrected chi connectivity index (χ1v) is 8.63. The summed E-state index contributed by atoms with van der Waals surface area (Å²) in [5.74, 6) is -0.279. The minimum Gasteiger partial charge on any atom is -0.477 e. The molecule has 1 aromatic carbocycles. The van der Waals surface area contributed by atoms with Crippen molar-refractivity contribution in [2.24, 2.45) is 10.9 Å². The van der Waals surface area contributed by atoms with Crippen LogP contribution in [0.25, 0.3) is 0 Å². The Hall–Kier alpha value is -2.63. The topological polar surface area (TPSA) is 79.2 Å². The third kappa shape index (κ3) is 2.81. The fourth-order valence-electron chi connectivity index (χ4n) is 4.02. The van der Waals surface area contributed by atoms with Crippen molar-refractivity contribution in [1.29, 1.82) is 0 Å². The monoisotopic (exact) mass is 340 g/mol. The standard InChI is InChI=1S/C19H20N2O4/c22-16(23)15-8-11-21-12-13-6-9-19(10-7-13,18(21)20-15)25-17(24)14-4-2-1-3-5-14/h1-5,8,13H,6-7,9-12H2,(H,22,23). The number of rotatable bonds is 3. The quantitative estimate of drug-likeness (QED) is 0.855. The molecule has 0 radical (unpaired) electrons. The number of carbonyl (C=O) groups excluding carboxylic acids is 1. The van der Waals surface area contributed by atoms with E-state index >= 15 is 0 Å². The van der Waals surface area contributed by atoms with Crippen molar-refractivity contribution in [2.45, 2.75) is 31.3 Å². The van der Waals surface area contributed by atoms with Gasteiger partial charge in [-0.3, -0.25) is 0 Å². The molecular formula is C19H20N2O4. The number of amidine groups is 1. The summed E-state index contributed by atoms with van der Waals surface area (Å²) in [5, 5.41) is 9.31. The maximum Gasteiger partial charge on any atom is 0.354 e. The highest BCUT2D eigenvalue weighted by atomic mass is 16.6. The molecule has 1 aromatic rings. The van der Waals surface area contributed by atoms with Crippen molar-refractivity contribution in [1.82, 2.24) is 4.90 Å². The number of benzene rings is 1. The van der Waals surface area contributed by atoms with E-state index in [-0.39, 0.29) is 11.7 Å². The fraction of sp³-hybridized carbons (Fsp3) is 0.421. The van der Waals surface area contributed by atoms with Crippen LogP contribution in [0.5, 0.6) is 0 Å². The first-order chi connectivity index (χ1) is 12.1. The molecule has 3 fully saturated rings. The van der Waals surface area contributed by atoms with Gasteiger partial charge in [0.25, 0.3) is 0 Å². The molecule has 2 saturated heterocycles. The summed E-state index contributed by atoms with van der Waals surface area (Å²) in [5.41, 5.74) is -0.290. The molecule has 130 valence electrons. The van der Waals surface area contributed by atoms with E-state index in [1.165, 1.54) is 0 Å². The summed E-state index contributed by atoms with van der Waals surface area (Å²) in [7, 11) is 0. The highest BCUT2D eigenvalue weighted by molar-refractivity contribution is 6.00. The van der Waals surface area contributed by atoms with Crippen LogP contribution in [0.3, 0.4) is 0 Å². The Morgan fingerprint density at radius 3 is 2.60 bits per heavy atom. The third-order valence-corrected chi connectivity index (χ3v) is 5.35. The number of hydrogen-bond acceptors (Lipinski definition) is 5. The van der Waals surface area contributed by atoms with E-state index in [2.05, 4.69) is 9.89 Å². The lowest BCUT2D eigenvalue weighted by Gasteiger charge is -2.38. The molecule has 1 saturated carbocycles. The first-order valence-electron chi connectivity index (χ1n) is 8.63. The molecule has 3 heterocycles. The highest BCUT2D eigenvalue weighted by Crippen LogP contribution is 2.42. The number of nitrogens with zero attached hydrogens (tertiary/aromatic N) is 2. The molecule has 0 spiro atoms. The summed E-state index contributed by atoms with van der Waals surface area (Å²) in [6.07, 6.45) is 4.93. The number of carbonyl (C=O) groups is 2. The van der Waals surface area contributed by atoms with Crippen LogP contribution in [0.2, 0.25) is 0 Å². The van der Waals surface area contributed by atoms with Crippen LogP contribution in [0.1, 0.15) is 36.0 Å². The van der Waals surface area contributed by atoms with Gasteiger partial charge in [0.1, 0.15) is 11.5 Å². The zero-order valence-corrected chi connectivity index (χ0v) is 13.9. The van der Waals surface area contributed by atoms with Gasteiger partial charge in [0.2, 0.25) is 0 Å². The molecule has 0 unspecified atom stereocenters. The van der Waals surface area contributed by atoms with Crippen LogP contribution in [0, 0.1) is 5.92 Å².